The monoisotopic (exact) mass is 470 g/mol. The predicted octanol–water partition coefficient (Wildman–Crippen LogP) is 1.57. The van der Waals surface area contributed by atoms with Crippen molar-refractivity contribution in [2.45, 2.75) is 50.1 Å². The lowest BCUT2D eigenvalue weighted by Gasteiger charge is -2.46. The molecule has 9 nitrogen and oxygen atoms in total. The van der Waals surface area contributed by atoms with Crippen molar-refractivity contribution in [3.05, 3.63) is 23.3 Å². The minimum absolute atomic E-state index is 0.0397. The number of ketones is 1. The molecule has 2 saturated heterocycles. The fourth-order valence-electron chi connectivity index (χ4n) is 4.72. The molecule has 2 amide bonds. The summed E-state index contributed by atoms with van der Waals surface area (Å²) in [5, 5.41) is 19.4. The first kappa shape index (κ1) is 24.2. The van der Waals surface area contributed by atoms with Gasteiger partial charge in [-0.1, -0.05) is 19.6 Å². The molecule has 3 aliphatic heterocycles. The number of carbonyl (C=O) groups is 4. The maximum Gasteiger partial charge on any atom is 0.410 e. The molecule has 0 aromatic carbocycles. The average Bonchev–Trinajstić information content (AvgIpc) is 3.25. The number of ether oxygens (including phenoxy) is 1. The number of aliphatic carboxylic acids is 1. The Morgan fingerprint density at radius 1 is 1.41 bits per heavy atom. The molecule has 2 N–H and O–H groups in total. The third kappa shape index (κ3) is 4.15. The lowest BCUT2D eigenvalue weighted by molar-refractivity contribution is -0.163. The Morgan fingerprint density at radius 3 is 2.66 bits per heavy atom. The third-order valence-electron chi connectivity index (χ3n) is 6.14. The Bertz CT molecular complexity index is 861. The van der Waals surface area contributed by atoms with Crippen LogP contribution in [0, 0.1) is 11.8 Å². The van der Waals surface area contributed by atoms with E-state index in [4.69, 9.17) is 4.74 Å². The smallest absolute Gasteiger partial charge is 0.410 e. The molecule has 11 heteroatoms. The highest BCUT2D eigenvalue weighted by atomic mass is 32.2. The van der Waals surface area contributed by atoms with Crippen LogP contribution in [0.25, 0.3) is 0 Å². The molecule has 3 heterocycles. The van der Waals surface area contributed by atoms with Crippen LogP contribution in [-0.2, 0) is 19.1 Å². The molecule has 3 rings (SSSR count). The molecule has 6 atom stereocenters. The van der Waals surface area contributed by atoms with Crippen LogP contribution in [0.4, 0.5) is 9.18 Å². The molecule has 0 aromatic rings. The van der Waals surface area contributed by atoms with Gasteiger partial charge >= 0.3 is 12.1 Å². The van der Waals surface area contributed by atoms with E-state index < -0.39 is 54.5 Å². The van der Waals surface area contributed by atoms with Crippen LogP contribution < -0.4 is 0 Å². The second-order valence-electron chi connectivity index (χ2n) is 8.19. The SMILES string of the molecule is C=CCOC(=O)N1C[C@@H](SC2=C(C(=O)O)N3C(=O)[C@H]([C@@H](C)O)[C@H]3[C@H]2C)C[C@H]1C(=O)CCF. The van der Waals surface area contributed by atoms with E-state index >= 15 is 0 Å². The quantitative estimate of drug-likeness (QED) is 0.384. The van der Waals surface area contributed by atoms with Crippen molar-refractivity contribution in [3.8, 4) is 0 Å². The van der Waals surface area contributed by atoms with Gasteiger partial charge in [0.05, 0.1) is 30.8 Å². The molecule has 0 aliphatic carbocycles. The van der Waals surface area contributed by atoms with Gasteiger partial charge in [0, 0.05) is 29.0 Å². The van der Waals surface area contributed by atoms with Crippen LogP contribution in [-0.4, -0.2) is 87.0 Å². The molecule has 0 spiro atoms. The fourth-order valence-corrected chi connectivity index (χ4v) is 6.25. The van der Waals surface area contributed by atoms with Crippen LogP contribution in [0.5, 0.6) is 0 Å². The molecule has 176 valence electrons. The van der Waals surface area contributed by atoms with Gasteiger partial charge in [-0.15, -0.1) is 11.8 Å². The summed E-state index contributed by atoms with van der Waals surface area (Å²) >= 11 is 1.21. The predicted molar refractivity (Wildman–Crippen MR) is 113 cm³/mol. The Labute approximate surface area is 189 Å². The number of hydrogen-bond donors (Lipinski definition) is 2. The van der Waals surface area contributed by atoms with Crippen LogP contribution in [0.15, 0.2) is 23.3 Å². The minimum Gasteiger partial charge on any atom is -0.477 e. The molecule has 2 fully saturated rings. The number of fused-ring (bicyclic) bond motifs is 1. The van der Waals surface area contributed by atoms with Gasteiger partial charge in [0.2, 0.25) is 5.91 Å². The van der Waals surface area contributed by atoms with Crippen molar-refractivity contribution in [2.24, 2.45) is 11.8 Å². The first-order chi connectivity index (χ1) is 15.1. The zero-order valence-electron chi connectivity index (χ0n) is 17.9. The molecule has 0 aromatic heterocycles. The molecule has 32 heavy (non-hydrogen) atoms. The molecule has 3 aliphatic rings. The van der Waals surface area contributed by atoms with E-state index in [0.717, 1.165) is 0 Å². The number of aliphatic hydroxyl groups is 1. The van der Waals surface area contributed by atoms with Crippen molar-refractivity contribution >= 4 is 35.5 Å². The van der Waals surface area contributed by atoms with Crippen LogP contribution in [0.3, 0.4) is 0 Å². The number of halogens is 1. The Balaban J connectivity index is 1.83. The normalized spacial score (nSPS) is 30.1. The first-order valence-electron chi connectivity index (χ1n) is 10.4. The Hall–Kier alpha value is -2.40. The summed E-state index contributed by atoms with van der Waals surface area (Å²) in [7, 11) is 0. The summed E-state index contributed by atoms with van der Waals surface area (Å²) in [5.74, 6) is -3.10. The van der Waals surface area contributed by atoms with Crippen molar-refractivity contribution in [1.29, 1.82) is 0 Å². The topological polar surface area (TPSA) is 124 Å². The van der Waals surface area contributed by atoms with Gasteiger partial charge in [-0.3, -0.25) is 18.9 Å². The number of carboxylic acid groups (broad SMARTS) is 1. The summed E-state index contributed by atoms with van der Waals surface area (Å²) in [4.78, 5) is 52.3. The highest BCUT2D eigenvalue weighted by molar-refractivity contribution is 8.03. The van der Waals surface area contributed by atoms with E-state index in [2.05, 4.69) is 6.58 Å². The van der Waals surface area contributed by atoms with Crippen molar-refractivity contribution in [2.75, 3.05) is 19.8 Å². The highest BCUT2D eigenvalue weighted by Gasteiger charge is 2.60. The molecule has 0 unspecified atom stereocenters. The van der Waals surface area contributed by atoms with Gasteiger partial charge in [-0.2, -0.15) is 0 Å². The number of carbonyl (C=O) groups excluding carboxylic acids is 3. The fraction of sp³-hybridized carbons (Fsp3) is 0.619. The van der Waals surface area contributed by atoms with E-state index in [-0.39, 0.29) is 42.9 Å². The highest BCUT2D eigenvalue weighted by Crippen LogP contribution is 2.52. The van der Waals surface area contributed by atoms with Gasteiger partial charge in [-0.05, 0) is 13.3 Å². The summed E-state index contributed by atoms with van der Waals surface area (Å²) in [6.45, 7) is 6.02. The lowest BCUT2D eigenvalue weighted by Crippen LogP contribution is -2.63. The van der Waals surface area contributed by atoms with Crippen molar-refractivity contribution < 1.29 is 38.5 Å². The van der Waals surface area contributed by atoms with E-state index in [1.54, 1.807) is 6.92 Å². The summed E-state index contributed by atoms with van der Waals surface area (Å²) in [5.41, 5.74) is -0.117. The van der Waals surface area contributed by atoms with Gasteiger partial charge < -0.3 is 19.8 Å². The maximum atomic E-state index is 12.8. The number of thioether (sulfide) groups is 1. The number of aliphatic hydroxyl groups excluding tert-OH is 1. The second-order valence-corrected chi connectivity index (χ2v) is 9.53. The number of amides is 2. The summed E-state index contributed by atoms with van der Waals surface area (Å²) in [6, 6.07) is -1.31. The second kappa shape index (κ2) is 9.62. The van der Waals surface area contributed by atoms with Crippen molar-refractivity contribution in [3.63, 3.8) is 0 Å². The number of alkyl halides is 1. The number of β-lactam (4-membered cyclic amide) rings is 1. The van der Waals surface area contributed by atoms with E-state index in [1.807, 2.05) is 0 Å². The Kier molecular flexibility index (Phi) is 7.29. The van der Waals surface area contributed by atoms with Crippen LogP contribution >= 0.6 is 11.8 Å². The van der Waals surface area contributed by atoms with Crippen molar-refractivity contribution in [1.82, 2.24) is 9.80 Å². The van der Waals surface area contributed by atoms with Gasteiger partial charge in [0.15, 0.2) is 5.78 Å². The number of Topliss-reactive ketones (excluding diaryl/α,β-unsaturated/α-hetero) is 1. The number of likely N-dealkylation sites (tertiary alicyclic amines) is 1. The first-order valence-corrected chi connectivity index (χ1v) is 11.3. The van der Waals surface area contributed by atoms with E-state index in [0.29, 0.717) is 4.91 Å². The van der Waals surface area contributed by atoms with Gasteiger partial charge in [-0.25, -0.2) is 9.59 Å². The maximum absolute atomic E-state index is 12.8. The van der Waals surface area contributed by atoms with Gasteiger partial charge in [0.25, 0.3) is 0 Å². The number of nitrogens with zero attached hydrogens (tertiary/aromatic N) is 2. The molecule has 0 bridgehead atoms. The Morgan fingerprint density at radius 2 is 2.09 bits per heavy atom. The summed E-state index contributed by atoms with van der Waals surface area (Å²) in [6.07, 6.45) is -0.343. The lowest BCUT2D eigenvalue weighted by atomic mass is 9.79. The molecular formula is C21H27FN2O7S. The average molecular weight is 471 g/mol. The zero-order valence-corrected chi connectivity index (χ0v) is 18.7. The molecule has 0 radical (unpaired) electrons. The summed E-state index contributed by atoms with van der Waals surface area (Å²) < 4.78 is 17.8. The third-order valence-corrected chi connectivity index (χ3v) is 7.63. The largest absolute Gasteiger partial charge is 0.477 e. The molecule has 0 saturated carbocycles. The van der Waals surface area contributed by atoms with Gasteiger partial charge in [0.1, 0.15) is 12.3 Å². The van der Waals surface area contributed by atoms with Crippen LogP contribution in [0.2, 0.25) is 0 Å². The van der Waals surface area contributed by atoms with Crippen LogP contribution in [0.1, 0.15) is 26.7 Å². The standard InChI is InChI=1S/C21H27FN2O7S/c1-4-7-31-21(30)23-9-12(8-13(23)14(26)5-6-22)32-18-10(2)16-15(11(3)25)19(27)24(16)17(18)20(28)29/h4,10-13,15-16,25H,1,5-9H2,2-3H3,(H,28,29)/t10-,11-,12+,13+,15-,16-/m1/s1. The number of hydrogen-bond acceptors (Lipinski definition) is 7. The number of carboxylic acids is 1. The minimum atomic E-state index is -1.25. The van der Waals surface area contributed by atoms with E-state index in [1.165, 1.54) is 34.6 Å². The molecular weight excluding hydrogens is 443 g/mol. The zero-order chi connectivity index (χ0) is 23.7. The van der Waals surface area contributed by atoms with E-state index in [9.17, 15) is 33.8 Å². The number of rotatable bonds is 9.